The summed E-state index contributed by atoms with van der Waals surface area (Å²) in [5, 5.41) is 2.65. The maximum Gasteiger partial charge on any atom is 0.322 e. The van der Waals surface area contributed by atoms with Gasteiger partial charge in [-0.2, -0.15) is 0 Å². The van der Waals surface area contributed by atoms with Gasteiger partial charge in [-0.15, -0.1) is 0 Å². The summed E-state index contributed by atoms with van der Waals surface area (Å²) in [6.45, 7) is 0.829. The van der Waals surface area contributed by atoms with E-state index in [2.05, 4.69) is 5.32 Å². The van der Waals surface area contributed by atoms with Crippen molar-refractivity contribution in [2.45, 2.75) is 13.0 Å². The molecule has 0 radical (unpaired) electrons. The highest BCUT2D eigenvalue weighted by Gasteiger charge is 2.22. The first-order valence-electron chi connectivity index (χ1n) is 7.46. The fourth-order valence-corrected chi connectivity index (χ4v) is 2.49. The molecule has 24 heavy (non-hydrogen) atoms. The van der Waals surface area contributed by atoms with Gasteiger partial charge < -0.3 is 10.1 Å². The van der Waals surface area contributed by atoms with Gasteiger partial charge in [0.1, 0.15) is 11.6 Å². The largest absolute Gasteiger partial charge is 0.491 e. The van der Waals surface area contributed by atoms with E-state index in [1.54, 1.807) is 0 Å². The number of amides is 2. The zero-order valence-corrected chi connectivity index (χ0v) is 12.7. The van der Waals surface area contributed by atoms with E-state index in [1.165, 1.54) is 29.2 Å². The number of hydrogen-bond acceptors (Lipinski definition) is 2. The number of nitrogens with zero attached hydrogens (tertiary/aromatic N) is 1. The lowest BCUT2D eigenvalue weighted by Crippen LogP contribution is -2.40. The normalized spacial score (nSPS) is 13.7. The Kier molecular flexibility index (Phi) is 4.59. The van der Waals surface area contributed by atoms with Crippen LogP contribution in [0.1, 0.15) is 12.0 Å². The fraction of sp³-hybridized carbons (Fsp3) is 0.235. The van der Waals surface area contributed by atoms with Gasteiger partial charge in [0, 0.05) is 19.2 Å². The Hall–Kier alpha value is -2.70. The van der Waals surface area contributed by atoms with Crippen LogP contribution in [0.4, 0.5) is 23.7 Å². The number of rotatable bonds is 2. The average Bonchev–Trinajstić information content (AvgIpc) is 2.77. The van der Waals surface area contributed by atoms with Crippen LogP contribution in [0.15, 0.2) is 36.4 Å². The second kappa shape index (κ2) is 6.82. The number of carbonyl (C=O) groups is 1. The van der Waals surface area contributed by atoms with Gasteiger partial charge in [-0.25, -0.2) is 18.0 Å². The lowest BCUT2D eigenvalue weighted by atomic mass is 10.2. The predicted molar refractivity (Wildman–Crippen MR) is 82.5 cm³/mol. The van der Waals surface area contributed by atoms with Crippen LogP contribution >= 0.6 is 0 Å². The summed E-state index contributed by atoms with van der Waals surface area (Å²) in [5.74, 6) is -2.05. The van der Waals surface area contributed by atoms with Crippen LogP contribution < -0.4 is 15.0 Å². The summed E-state index contributed by atoms with van der Waals surface area (Å²) in [7, 11) is 0. The fourth-order valence-electron chi connectivity index (χ4n) is 2.49. The SMILES string of the molecule is O=C(NCc1ccc(F)c(F)c1)N1CCCOc2cc(F)ccc21. The standard InChI is InChI=1S/C17H15F3N2O2/c18-12-3-5-15-16(9-12)24-7-1-6-22(15)17(23)21-10-11-2-4-13(19)14(20)8-11/h2-5,8-9H,1,6-7,10H2,(H,21,23). The van der Waals surface area contributed by atoms with Gasteiger partial charge in [0.05, 0.1) is 12.3 Å². The van der Waals surface area contributed by atoms with Crippen molar-refractivity contribution < 1.29 is 22.7 Å². The van der Waals surface area contributed by atoms with Gasteiger partial charge in [-0.1, -0.05) is 6.07 Å². The first-order chi connectivity index (χ1) is 11.5. The minimum atomic E-state index is -0.967. The molecule has 2 aromatic carbocycles. The molecule has 0 atom stereocenters. The average molecular weight is 336 g/mol. The van der Waals surface area contributed by atoms with E-state index < -0.39 is 23.5 Å². The molecule has 0 spiro atoms. The Bertz CT molecular complexity index is 767. The maximum absolute atomic E-state index is 13.3. The number of halogens is 3. The zero-order valence-electron chi connectivity index (χ0n) is 12.7. The van der Waals surface area contributed by atoms with E-state index in [4.69, 9.17) is 4.74 Å². The topological polar surface area (TPSA) is 41.6 Å². The van der Waals surface area contributed by atoms with E-state index in [9.17, 15) is 18.0 Å². The quantitative estimate of drug-likeness (QED) is 0.910. The van der Waals surface area contributed by atoms with E-state index in [0.29, 0.717) is 36.6 Å². The molecule has 4 nitrogen and oxygen atoms in total. The van der Waals surface area contributed by atoms with Gasteiger partial charge in [0.2, 0.25) is 0 Å². The number of nitrogens with one attached hydrogen (secondary N) is 1. The Morgan fingerprint density at radius 2 is 1.96 bits per heavy atom. The number of benzene rings is 2. The Balaban J connectivity index is 1.74. The van der Waals surface area contributed by atoms with Crippen molar-refractivity contribution in [1.29, 1.82) is 0 Å². The first kappa shape index (κ1) is 16.2. The molecule has 0 saturated carbocycles. The Morgan fingerprint density at radius 1 is 1.12 bits per heavy atom. The third-order valence-electron chi connectivity index (χ3n) is 3.67. The second-order valence-electron chi connectivity index (χ2n) is 5.37. The van der Waals surface area contributed by atoms with E-state index in [0.717, 1.165) is 12.1 Å². The summed E-state index contributed by atoms with van der Waals surface area (Å²) >= 11 is 0. The molecule has 126 valence electrons. The van der Waals surface area contributed by atoms with E-state index in [1.807, 2.05) is 0 Å². The molecule has 1 heterocycles. The van der Waals surface area contributed by atoms with Crippen molar-refractivity contribution in [3.63, 3.8) is 0 Å². The van der Waals surface area contributed by atoms with Gasteiger partial charge >= 0.3 is 6.03 Å². The van der Waals surface area contributed by atoms with Crippen molar-refractivity contribution in [3.05, 3.63) is 59.4 Å². The number of hydrogen-bond donors (Lipinski definition) is 1. The molecule has 1 aliphatic heterocycles. The smallest absolute Gasteiger partial charge is 0.322 e. The predicted octanol–water partition coefficient (Wildman–Crippen LogP) is 3.60. The van der Waals surface area contributed by atoms with Gasteiger partial charge in [0.15, 0.2) is 11.6 Å². The van der Waals surface area contributed by atoms with Crippen molar-refractivity contribution in [3.8, 4) is 5.75 Å². The highest BCUT2D eigenvalue weighted by molar-refractivity contribution is 5.93. The van der Waals surface area contributed by atoms with Crippen LogP contribution in [0, 0.1) is 17.5 Å². The molecule has 0 bridgehead atoms. The maximum atomic E-state index is 13.3. The molecule has 0 saturated heterocycles. The molecular formula is C17H15F3N2O2. The molecule has 1 aliphatic rings. The molecule has 0 aliphatic carbocycles. The summed E-state index contributed by atoms with van der Waals surface area (Å²) in [4.78, 5) is 13.9. The molecule has 2 aromatic rings. The third kappa shape index (κ3) is 3.45. The van der Waals surface area contributed by atoms with Crippen LogP contribution in [0.2, 0.25) is 0 Å². The van der Waals surface area contributed by atoms with Gasteiger partial charge in [-0.05, 0) is 36.2 Å². The van der Waals surface area contributed by atoms with Crippen LogP contribution in [0.5, 0.6) is 5.75 Å². The molecule has 0 aromatic heterocycles. The van der Waals surface area contributed by atoms with Gasteiger partial charge in [0.25, 0.3) is 0 Å². The van der Waals surface area contributed by atoms with E-state index in [-0.39, 0.29) is 6.54 Å². The molecule has 0 fully saturated rings. The van der Waals surface area contributed by atoms with Crippen LogP contribution in [-0.2, 0) is 6.54 Å². The summed E-state index contributed by atoms with van der Waals surface area (Å²) in [5.41, 5.74) is 0.907. The molecule has 2 amide bonds. The van der Waals surface area contributed by atoms with Crippen molar-refractivity contribution in [2.24, 2.45) is 0 Å². The zero-order chi connectivity index (χ0) is 17.1. The van der Waals surface area contributed by atoms with E-state index >= 15 is 0 Å². The van der Waals surface area contributed by atoms with Gasteiger partial charge in [-0.3, -0.25) is 4.90 Å². The van der Waals surface area contributed by atoms with Crippen LogP contribution in [-0.4, -0.2) is 19.2 Å². The van der Waals surface area contributed by atoms with Crippen LogP contribution in [0.25, 0.3) is 0 Å². The molecule has 7 heteroatoms. The van der Waals surface area contributed by atoms with Crippen LogP contribution in [0.3, 0.4) is 0 Å². The minimum absolute atomic E-state index is 0.0456. The highest BCUT2D eigenvalue weighted by Crippen LogP contribution is 2.31. The van der Waals surface area contributed by atoms with Crippen molar-refractivity contribution in [1.82, 2.24) is 5.32 Å². The summed E-state index contributed by atoms with van der Waals surface area (Å²) in [6, 6.07) is 6.98. The number of anilines is 1. The lowest BCUT2D eigenvalue weighted by molar-refractivity contribution is 0.246. The number of ether oxygens (including phenoxy) is 1. The summed E-state index contributed by atoms with van der Waals surface area (Å²) < 4.78 is 44.9. The molecule has 0 unspecified atom stereocenters. The Morgan fingerprint density at radius 3 is 2.75 bits per heavy atom. The molecule has 1 N–H and O–H groups in total. The van der Waals surface area contributed by atoms with Crippen molar-refractivity contribution >= 4 is 11.7 Å². The number of carbonyl (C=O) groups excluding carboxylic acids is 1. The lowest BCUT2D eigenvalue weighted by Gasteiger charge is -2.22. The molecule has 3 rings (SSSR count). The monoisotopic (exact) mass is 336 g/mol. The minimum Gasteiger partial charge on any atom is -0.491 e. The number of fused-ring (bicyclic) bond motifs is 1. The first-order valence-corrected chi connectivity index (χ1v) is 7.46. The third-order valence-corrected chi connectivity index (χ3v) is 3.67. The van der Waals surface area contributed by atoms with Crippen molar-refractivity contribution in [2.75, 3.05) is 18.1 Å². The summed E-state index contributed by atoms with van der Waals surface area (Å²) in [6.07, 6.45) is 0.592. The number of urea groups is 1. The highest BCUT2D eigenvalue weighted by atomic mass is 19.2. The molecular weight excluding hydrogens is 321 g/mol. The second-order valence-corrected chi connectivity index (χ2v) is 5.37. The Labute approximate surface area is 136 Å².